The zero-order valence-corrected chi connectivity index (χ0v) is 11.7. The molecule has 1 aliphatic rings. The normalized spacial score (nSPS) is 23.9. The van der Waals surface area contributed by atoms with Crippen molar-refractivity contribution in [3.63, 3.8) is 0 Å². The molecule has 6 heteroatoms. The largest absolute Gasteiger partial charge is 0.341 e. The molecule has 0 radical (unpaired) electrons. The van der Waals surface area contributed by atoms with Crippen LogP contribution in [0.3, 0.4) is 0 Å². The van der Waals surface area contributed by atoms with Gasteiger partial charge in [0.25, 0.3) is 0 Å². The van der Waals surface area contributed by atoms with Crippen LogP contribution >= 0.6 is 0 Å². The molecule has 0 aliphatic carbocycles. The lowest BCUT2D eigenvalue weighted by Crippen LogP contribution is -2.46. The third-order valence-electron chi connectivity index (χ3n) is 3.26. The van der Waals surface area contributed by atoms with Gasteiger partial charge in [-0.1, -0.05) is 6.42 Å². The first-order valence-electron chi connectivity index (χ1n) is 6.32. The van der Waals surface area contributed by atoms with E-state index in [1.165, 1.54) is 4.90 Å². The molecule has 0 N–H and O–H groups in total. The minimum Gasteiger partial charge on any atom is -0.341 e. The fraction of sp³-hybridized carbons (Fsp3) is 0.833. The standard InChI is InChI=1S/C12H20N2O3S/c1-3-14(9-10(2)8-13)12(15)11-6-4-5-7-18(11,16)17/h10-11H,3-7,9H2,1-2H3. The highest BCUT2D eigenvalue weighted by molar-refractivity contribution is 7.92. The fourth-order valence-electron chi connectivity index (χ4n) is 2.18. The number of nitriles is 1. The zero-order chi connectivity index (χ0) is 13.8. The molecule has 0 aromatic heterocycles. The molecule has 1 heterocycles. The molecule has 0 aromatic rings. The van der Waals surface area contributed by atoms with Gasteiger partial charge in [0, 0.05) is 13.1 Å². The third kappa shape index (κ3) is 3.45. The Morgan fingerprint density at radius 1 is 1.50 bits per heavy atom. The molecule has 102 valence electrons. The number of hydrogen-bond donors (Lipinski definition) is 0. The summed E-state index contributed by atoms with van der Waals surface area (Å²) in [5.74, 6) is -0.506. The Bertz CT molecular complexity index is 439. The van der Waals surface area contributed by atoms with Crippen molar-refractivity contribution in [2.45, 2.75) is 38.4 Å². The average Bonchev–Trinajstić information content (AvgIpc) is 2.34. The van der Waals surface area contributed by atoms with Crippen LogP contribution in [0.1, 0.15) is 33.1 Å². The Balaban J connectivity index is 2.80. The second-order valence-electron chi connectivity index (χ2n) is 4.76. The molecule has 18 heavy (non-hydrogen) atoms. The van der Waals surface area contributed by atoms with Gasteiger partial charge in [0.15, 0.2) is 9.84 Å². The molecule has 1 rings (SSSR count). The van der Waals surface area contributed by atoms with Crippen LogP contribution in [0.2, 0.25) is 0 Å². The summed E-state index contributed by atoms with van der Waals surface area (Å²) >= 11 is 0. The topological polar surface area (TPSA) is 78.2 Å². The molecule has 0 aromatic carbocycles. The number of rotatable bonds is 4. The number of amides is 1. The van der Waals surface area contributed by atoms with E-state index in [4.69, 9.17) is 5.26 Å². The Morgan fingerprint density at radius 3 is 2.67 bits per heavy atom. The first-order chi connectivity index (χ1) is 8.42. The van der Waals surface area contributed by atoms with E-state index in [9.17, 15) is 13.2 Å². The van der Waals surface area contributed by atoms with E-state index in [-0.39, 0.29) is 17.6 Å². The quantitative estimate of drug-likeness (QED) is 0.763. The van der Waals surface area contributed by atoms with Crippen LogP contribution in [0.5, 0.6) is 0 Å². The molecule has 5 nitrogen and oxygen atoms in total. The molecule has 1 amide bonds. The Labute approximate surface area is 109 Å². The highest BCUT2D eigenvalue weighted by atomic mass is 32.2. The minimum absolute atomic E-state index is 0.106. The maximum Gasteiger partial charge on any atom is 0.240 e. The summed E-state index contributed by atoms with van der Waals surface area (Å²) < 4.78 is 23.8. The van der Waals surface area contributed by atoms with Crippen LogP contribution in [-0.2, 0) is 14.6 Å². The van der Waals surface area contributed by atoms with Crippen LogP contribution in [0.15, 0.2) is 0 Å². The number of carbonyl (C=O) groups is 1. The van der Waals surface area contributed by atoms with Crippen molar-refractivity contribution in [3.05, 3.63) is 0 Å². The van der Waals surface area contributed by atoms with E-state index in [2.05, 4.69) is 6.07 Å². The first kappa shape index (κ1) is 15.0. The number of hydrogen-bond acceptors (Lipinski definition) is 4. The number of sulfone groups is 1. The van der Waals surface area contributed by atoms with E-state index < -0.39 is 15.1 Å². The van der Waals surface area contributed by atoms with Crippen LogP contribution in [-0.4, -0.2) is 43.3 Å². The van der Waals surface area contributed by atoms with Gasteiger partial charge in [-0.05, 0) is 26.7 Å². The van der Waals surface area contributed by atoms with Crippen molar-refractivity contribution < 1.29 is 13.2 Å². The van der Waals surface area contributed by atoms with Crippen molar-refractivity contribution in [1.29, 1.82) is 5.26 Å². The summed E-state index contributed by atoms with van der Waals surface area (Å²) in [4.78, 5) is 13.7. The Kier molecular flexibility index (Phi) is 5.15. The van der Waals surface area contributed by atoms with Gasteiger partial charge < -0.3 is 4.90 Å². The van der Waals surface area contributed by atoms with Gasteiger partial charge in [0.2, 0.25) is 5.91 Å². The van der Waals surface area contributed by atoms with E-state index in [0.717, 1.165) is 6.42 Å². The van der Waals surface area contributed by atoms with Gasteiger partial charge in [0.05, 0.1) is 17.7 Å². The summed E-state index contributed by atoms with van der Waals surface area (Å²) in [7, 11) is -3.29. The van der Waals surface area contributed by atoms with Crippen LogP contribution in [0.4, 0.5) is 0 Å². The molecule has 2 unspecified atom stereocenters. The fourth-order valence-corrected chi connectivity index (χ4v) is 4.05. The van der Waals surface area contributed by atoms with Gasteiger partial charge in [-0.15, -0.1) is 0 Å². The molecular weight excluding hydrogens is 252 g/mol. The molecule has 2 atom stereocenters. The molecule has 1 saturated heterocycles. The van der Waals surface area contributed by atoms with Gasteiger partial charge in [0.1, 0.15) is 5.25 Å². The van der Waals surface area contributed by atoms with Gasteiger partial charge in [-0.25, -0.2) is 8.42 Å². The highest BCUT2D eigenvalue weighted by Gasteiger charge is 2.37. The molecule has 0 spiro atoms. The average molecular weight is 272 g/mol. The second kappa shape index (κ2) is 6.19. The highest BCUT2D eigenvalue weighted by Crippen LogP contribution is 2.21. The number of carbonyl (C=O) groups excluding carboxylic acids is 1. The van der Waals surface area contributed by atoms with Gasteiger partial charge >= 0.3 is 0 Å². The molecular formula is C12H20N2O3S. The zero-order valence-electron chi connectivity index (χ0n) is 10.9. The number of nitrogens with zero attached hydrogens (tertiary/aromatic N) is 2. The summed E-state index contributed by atoms with van der Waals surface area (Å²) in [6, 6.07) is 2.06. The lowest BCUT2D eigenvalue weighted by molar-refractivity contribution is -0.131. The predicted molar refractivity (Wildman–Crippen MR) is 68.5 cm³/mol. The summed E-state index contributed by atoms with van der Waals surface area (Å²) in [6.07, 6.45) is 1.84. The summed E-state index contributed by atoms with van der Waals surface area (Å²) in [6.45, 7) is 4.28. The van der Waals surface area contributed by atoms with E-state index in [1.54, 1.807) is 13.8 Å². The third-order valence-corrected chi connectivity index (χ3v) is 5.42. The van der Waals surface area contributed by atoms with Crippen LogP contribution in [0, 0.1) is 17.2 Å². The maximum atomic E-state index is 12.2. The van der Waals surface area contributed by atoms with Crippen molar-refractivity contribution in [3.8, 4) is 6.07 Å². The van der Waals surface area contributed by atoms with E-state index in [0.29, 0.717) is 25.9 Å². The van der Waals surface area contributed by atoms with Gasteiger partial charge in [-0.3, -0.25) is 4.79 Å². The summed E-state index contributed by atoms with van der Waals surface area (Å²) in [5.41, 5.74) is 0. The first-order valence-corrected chi connectivity index (χ1v) is 8.04. The lowest BCUT2D eigenvalue weighted by atomic mass is 10.1. The van der Waals surface area contributed by atoms with E-state index >= 15 is 0 Å². The monoisotopic (exact) mass is 272 g/mol. The van der Waals surface area contributed by atoms with Crippen molar-refractivity contribution >= 4 is 15.7 Å². The van der Waals surface area contributed by atoms with Crippen molar-refractivity contribution in [2.24, 2.45) is 5.92 Å². The Morgan fingerprint density at radius 2 is 2.17 bits per heavy atom. The van der Waals surface area contributed by atoms with E-state index in [1.807, 2.05) is 0 Å². The van der Waals surface area contributed by atoms with Crippen LogP contribution in [0.25, 0.3) is 0 Å². The summed E-state index contributed by atoms with van der Waals surface area (Å²) in [5, 5.41) is 7.88. The lowest BCUT2D eigenvalue weighted by Gasteiger charge is -2.29. The molecule has 1 fully saturated rings. The molecule has 0 saturated carbocycles. The smallest absolute Gasteiger partial charge is 0.240 e. The second-order valence-corrected chi connectivity index (χ2v) is 7.06. The van der Waals surface area contributed by atoms with Crippen molar-refractivity contribution in [2.75, 3.05) is 18.8 Å². The van der Waals surface area contributed by atoms with Crippen LogP contribution < -0.4 is 0 Å². The SMILES string of the molecule is CCN(CC(C)C#N)C(=O)C1CCCCS1(=O)=O. The van der Waals surface area contributed by atoms with Gasteiger partial charge in [-0.2, -0.15) is 5.26 Å². The molecule has 0 bridgehead atoms. The van der Waals surface area contributed by atoms with Crippen molar-refractivity contribution in [1.82, 2.24) is 4.90 Å². The Hall–Kier alpha value is -1.09. The molecule has 1 aliphatic heterocycles. The maximum absolute atomic E-state index is 12.2. The minimum atomic E-state index is -3.29. The predicted octanol–water partition coefficient (Wildman–Crippen LogP) is 0.962.